The van der Waals surface area contributed by atoms with Crippen LogP contribution in [-0.4, -0.2) is 61.2 Å². The molecule has 1 saturated carbocycles. The number of unbranched alkanes of at least 4 members (excludes halogenated alkanes) is 2. The molecule has 1 amide bonds. The maximum Gasteiger partial charge on any atom is 0.224 e. The van der Waals surface area contributed by atoms with Gasteiger partial charge in [-0.25, -0.2) is 4.98 Å². The zero-order valence-electron chi connectivity index (χ0n) is 29.3. The van der Waals surface area contributed by atoms with E-state index >= 15 is 0 Å². The van der Waals surface area contributed by atoms with Gasteiger partial charge in [-0.1, -0.05) is 45.5 Å². The average Bonchev–Trinajstić information content (AvgIpc) is 3.57. The van der Waals surface area contributed by atoms with Gasteiger partial charge >= 0.3 is 0 Å². The fourth-order valence-electron chi connectivity index (χ4n) is 6.79. The Morgan fingerprint density at radius 3 is 2.66 bits per heavy atom. The topological polar surface area (TPSA) is 105 Å². The number of aryl methyl sites for hydroxylation is 1. The number of nitrogens with one attached hydrogen (secondary N) is 1. The van der Waals surface area contributed by atoms with Gasteiger partial charge in [-0.2, -0.15) is 0 Å². The van der Waals surface area contributed by atoms with Gasteiger partial charge in [-0.3, -0.25) is 14.6 Å². The van der Waals surface area contributed by atoms with Crippen molar-refractivity contribution in [1.82, 2.24) is 19.9 Å². The van der Waals surface area contributed by atoms with Crippen LogP contribution in [0.1, 0.15) is 82.3 Å². The number of carbonyl (C=O) groups excluding carboxylic acids is 2. The molecule has 1 N–H and O–H groups in total. The van der Waals surface area contributed by atoms with Crippen molar-refractivity contribution in [2.24, 2.45) is 11.3 Å². The molecule has 10 heteroatoms. The van der Waals surface area contributed by atoms with E-state index in [1.165, 1.54) is 0 Å². The first-order chi connectivity index (χ1) is 22.5. The molecular weight excluding hydrogens is 609 g/mol. The molecule has 1 aliphatic heterocycles. The molecule has 9 nitrogen and oxygen atoms in total. The van der Waals surface area contributed by atoms with Crippen molar-refractivity contribution in [2.75, 3.05) is 26.9 Å². The maximum absolute atomic E-state index is 13.8. The molecule has 2 aromatic heterocycles. The lowest BCUT2D eigenvalue weighted by Crippen LogP contribution is -2.34. The highest BCUT2D eigenvalue weighted by atomic mass is 28.3. The van der Waals surface area contributed by atoms with Crippen LogP contribution in [0.25, 0.3) is 22.2 Å². The second kappa shape index (κ2) is 15.4. The number of hydrogen-bond acceptors (Lipinski definition) is 7. The highest BCUT2D eigenvalue weighted by Crippen LogP contribution is 2.59. The van der Waals surface area contributed by atoms with Crippen LogP contribution in [0.3, 0.4) is 0 Å². The van der Waals surface area contributed by atoms with Gasteiger partial charge < -0.3 is 24.1 Å². The number of amides is 1. The van der Waals surface area contributed by atoms with Crippen LogP contribution in [0, 0.1) is 18.3 Å². The number of Topliss-reactive ketones (excluding diaryl/α,β-unsaturated/α-hetero) is 1. The molecule has 47 heavy (non-hydrogen) atoms. The molecule has 0 bridgehead atoms. The highest BCUT2D eigenvalue weighted by molar-refractivity contribution is 6.76. The van der Waals surface area contributed by atoms with Crippen LogP contribution < -0.4 is 10.1 Å². The number of carbonyl (C=O) groups is 2. The molecule has 1 aromatic carbocycles. The second-order valence-corrected chi connectivity index (χ2v) is 20.4. The predicted molar refractivity (Wildman–Crippen MR) is 188 cm³/mol. The summed E-state index contributed by atoms with van der Waals surface area (Å²) in [4.78, 5) is 35.5. The first-order valence-corrected chi connectivity index (χ1v) is 21.2. The van der Waals surface area contributed by atoms with Gasteiger partial charge in [0.15, 0.2) is 0 Å². The van der Waals surface area contributed by atoms with Crippen LogP contribution in [0.2, 0.25) is 25.7 Å². The minimum atomic E-state index is -1.29. The SMILES string of the molecule is CCC(=O)CCCCC[C@H](NC(=O)C1CC12CCOCC2)c1ncc(-c2cc3ccc(C)nc3cc2OC)n1COCC[Si](C)(C)C. The molecule has 256 valence electrons. The quantitative estimate of drug-likeness (QED) is 0.117. The van der Waals surface area contributed by atoms with Gasteiger partial charge in [-0.05, 0) is 62.6 Å². The van der Waals surface area contributed by atoms with Crippen molar-refractivity contribution >= 4 is 30.7 Å². The van der Waals surface area contributed by atoms with Crippen LogP contribution in [-0.2, 0) is 25.8 Å². The van der Waals surface area contributed by atoms with E-state index < -0.39 is 8.07 Å². The van der Waals surface area contributed by atoms with Crippen molar-refractivity contribution in [2.45, 2.75) is 110 Å². The predicted octanol–water partition coefficient (Wildman–Crippen LogP) is 7.63. The zero-order chi connectivity index (χ0) is 33.6. The number of fused-ring (bicyclic) bond motifs is 1. The Labute approximate surface area is 281 Å². The lowest BCUT2D eigenvalue weighted by molar-refractivity contribution is -0.124. The average molecular weight is 663 g/mol. The zero-order valence-corrected chi connectivity index (χ0v) is 30.3. The van der Waals surface area contributed by atoms with Crippen LogP contribution in [0.4, 0.5) is 0 Å². The number of ketones is 1. The van der Waals surface area contributed by atoms with Gasteiger partial charge in [0.1, 0.15) is 24.1 Å². The molecule has 5 rings (SSSR count). The van der Waals surface area contributed by atoms with Gasteiger partial charge in [0.05, 0.1) is 30.6 Å². The third-order valence-electron chi connectivity index (χ3n) is 9.99. The van der Waals surface area contributed by atoms with Crippen molar-refractivity contribution in [1.29, 1.82) is 0 Å². The Morgan fingerprint density at radius 2 is 1.94 bits per heavy atom. The van der Waals surface area contributed by atoms with Crippen LogP contribution in [0.5, 0.6) is 5.75 Å². The van der Waals surface area contributed by atoms with Crippen molar-refractivity contribution in [3.8, 4) is 17.0 Å². The van der Waals surface area contributed by atoms with Gasteiger partial charge in [0, 0.05) is 69.4 Å². The monoisotopic (exact) mass is 662 g/mol. The molecule has 1 spiro atoms. The van der Waals surface area contributed by atoms with E-state index in [1.54, 1.807) is 7.11 Å². The van der Waals surface area contributed by atoms with Gasteiger partial charge in [0.2, 0.25) is 5.91 Å². The molecule has 1 unspecified atom stereocenters. The molecule has 1 saturated heterocycles. The molecule has 2 atom stereocenters. The van der Waals surface area contributed by atoms with E-state index in [9.17, 15) is 9.59 Å². The number of pyridine rings is 1. The second-order valence-electron chi connectivity index (χ2n) is 14.8. The number of rotatable bonds is 17. The fourth-order valence-corrected chi connectivity index (χ4v) is 7.54. The number of aromatic nitrogens is 3. The summed E-state index contributed by atoms with van der Waals surface area (Å²) in [5.41, 5.74) is 3.70. The van der Waals surface area contributed by atoms with E-state index in [0.29, 0.717) is 37.7 Å². The van der Waals surface area contributed by atoms with Crippen LogP contribution >= 0.6 is 0 Å². The summed E-state index contributed by atoms with van der Waals surface area (Å²) in [5.74, 6) is 1.93. The lowest BCUT2D eigenvalue weighted by Gasteiger charge is -2.25. The number of hydrogen-bond donors (Lipinski definition) is 1. The standard InChI is InChI=1S/C37H54N4O5Si/c1-7-28(42)11-9-8-10-12-31(40-36(43)30-23-37(30)15-17-45-18-16-37)35-38-24-33(41(35)25-46-19-20-47(4,5)6)29-21-27-14-13-26(2)39-32(27)22-34(29)44-3/h13-14,21-22,24,30-31H,7-12,15-20,23,25H2,1-6H3,(H,40,43)/t30?,31-/m0/s1. The van der Waals surface area contributed by atoms with Gasteiger partial charge in [0.25, 0.3) is 0 Å². The van der Waals surface area contributed by atoms with E-state index in [-0.39, 0.29) is 23.3 Å². The Morgan fingerprint density at radius 1 is 1.15 bits per heavy atom. The molecule has 0 radical (unpaired) electrons. The minimum Gasteiger partial charge on any atom is -0.496 e. The fraction of sp³-hybridized carbons (Fsp3) is 0.622. The summed E-state index contributed by atoms with van der Waals surface area (Å²) >= 11 is 0. The number of imidazole rings is 1. The lowest BCUT2D eigenvalue weighted by atomic mass is 9.93. The number of benzene rings is 1. The first kappa shape index (κ1) is 35.2. The van der Waals surface area contributed by atoms with Crippen molar-refractivity contribution < 1.29 is 23.8 Å². The molecule has 2 aliphatic rings. The highest BCUT2D eigenvalue weighted by Gasteiger charge is 2.58. The number of methoxy groups -OCH3 is 1. The Balaban J connectivity index is 1.46. The summed E-state index contributed by atoms with van der Waals surface area (Å²) in [5, 5.41) is 4.46. The molecule has 3 aromatic rings. The molecule has 2 fully saturated rings. The summed E-state index contributed by atoms with van der Waals surface area (Å²) < 4.78 is 20.0. The first-order valence-electron chi connectivity index (χ1n) is 17.5. The normalized spacial score (nSPS) is 18.0. The summed E-state index contributed by atoms with van der Waals surface area (Å²) in [6.07, 6.45) is 9.30. The van der Waals surface area contributed by atoms with E-state index in [0.717, 1.165) is 97.9 Å². The third kappa shape index (κ3) is 8.89. The Bertz CT molecular complexity index is 1540. The van der Waals surface area contributed by atoms with E-state index in [2.05, 4.69) is 41.7 Å². The largest absolute Gasteiger partial charge is 0.496 e. The van der Waals surface area contributed by atoms with E-state index in [1.807, 2.05) is 32.2 Å². The Kier molecular flexibility index (Phi) is 11.6. The van der Waals surface area contributed by atoms with Crippen LogP contribution in [0.15, 0.2) is 30.5 Å². The van der Waals surface area contributed by atoms with Crippen molar-refractivity contribution in [3.05, 3.63) is 42.0 Å². The van der Waals surface area contributed by atoms with Gasteiger partial charge in [-0.15, -0.1) is 0 Å². The summed E-state index contributed by atoms with van der Waals surface area (Å²) in [7, 11) is 0.389. The minimum absolute atomic E-state index is 0.0171. The third-order valence-corrected chi connectivity index (χ3v) is 11.7. The summed E-state index contributed by atoms with van der Waals surface area (Å²) in [6, 6.07) is 8.97. The number of ether oxygens (including phenoxy) is 3. The number of nitrogens with zero attached hydrogens (tertiary/aromatic N) is 3. The Hall–Kier alpha value is -3.08. The smallest absolute Gasteiger partial charge is 0.224 e. The van der Waals surface area contributed by atoms with E-state index in [4.69, 9.17) is 24.2 Å². The maximum atomic E-state index is 13.8. The van der Waals surface area contributed by atoms with Crippen molar-refractivity contribution in [3.63, 3.8) is 0 Å². The summed E-state index contributed by atoms with van der Waals surface area (Å²) in [6.45, 7) is 13.4. The molecule has 1 aliphatic carbocycles. The molecular formula is C37H54N4O5Si. The molecule has 3 heterocycles.